The Morgan fingerprint density at radius 2 is 1.91 bits per heavy atom. The minimum atomic E-state index is -4.32. The minimum absolute atomic E-state index is 0.203. The van der Waals surface area contributed by atoms with Gasteiger partial charge in [0.05, 0.1) is 11.0 Å². The molecule has 0 unspecified atom stereocenters. The molecule has 3 heterocycles. The SMILES string of the molecule is O=C1[C@H](N2CCN(c3cccs3)CC2)CCN1CC(F)(F)F. The highest BCUT2D eigenvalue weighted by atomic mass is 32.1. The zero-order chi connectivity index (χ0) is 15.7. The van der Waals surface area contributed by atoms with Gasteiger partial charge in [0.1, 0.15) is 6.54 Å². The van der Waals surface area contributed by atoms with E-state index < -0.39 is 12.7 Å². The fourth-order valence-corrected chi connectivity index (χ4v) is 3.92. The molecule has 2 aliphatic heterocycles. The van der Waals surface area contributed by atoms with E-state index >= 15 is 0 Å². The van der Waals surface area contributed by atoms with Gasteiger partial charge in [0.2, 0.25) is 5.91 Å². The second-order valence-electron chi connectivity index (χ2n) is 5.65. The van der Waals surface area contributed by atoms with Crippen LogP contribution in [0.4, 0.5) is 18.2 Å². The van der Waals surface area contributed by atoms with Crippen molar-refractivity contribution in [2.75, 3.05) is 44.2 Å². The van der Waals surface area contributed by atoms with Gasteiger partial charge < -0.3 is 9.80 Å². The van der Waals surface area contributed by atoms with E-state index in [1.807, 2.05) is 16.3 Å². The molecule has 2 saturated heterocycles. The number of amides is 1. The molecule has 1 aromatic rings. The summed E-state index contributed by atoms with van der Waals surface area (Å²) in [6, 6.07) is 3.68. The van der Waals surface area contributed by atoms with Crippen molar-refractivity contribution in [3.05, 3.63) is 17.5 Å². The maximum atomic E-state index is 12.4. The van der Waals surface area contributed by atoms with Crippen molar-refractivity contribution in [2.45, 2.75) is 18.6 Å². The number of anilines is 1. The first-order valence-electron chi connectivity index (χ1n) is 7.32. The second kappa shape index (κ2) is 6.08. The van der Waals surface area contributed by atoms with Gasteiger partial charge in [0.25, 0.3) is 0 Å². The van der Waals surface area contributed by atoms with Crippen LogP contribution in [-0.2, 0) is 4.79 Å². The molecule has 0 spiro atoms. The summed E-state index contributed by atoms with van der Waals surface area (Å²) in [4.78, 5) is 17.4. The Kier molecular flexibility index (Phi) is 4.31. The third kappa shape index (κ3) is 3.38. The monoisotopic (exact) mass is 333 g/mol. The van der Waals surface area contributed by atoms with Gasteiger partial charge in [-0.25, -0.2) is 0 Å². The number of likely N-dealkylation sites (tertiary alicyclic amines) is 1. The zero-order valence-corrected chi connectivity index (χ0v) is 12.9. The van der Waals surface area contributed by atoms with Crippen LogP contribution in [0.15, 0.2) is 17.5 Å². The highest BCUT2D eigenvalue weighted by Gasteiger charge is 2.41. The first kappa shape index (κ1) is 15.6. The van der Waals surface area contributed by atoms with Gasteiger partial charge in [0, 0.05) is 32.7 Å². The van der Waals surface area contributed by atoms with Crippen molar-refractivity contribution in [1.29, 1.82) is 0 Å². The van der Waals surface area contributed by atoms with E-state index in [0.29, 0.717) is 19.5 Å². The first-order valence-corrected chi connectivity index (χ1v) is 8.20. The summed E-state index contributed by atoms with van der Waals surface area (Å²) in [6.45, 7) is 2.13. The molecule has 2 aliphatic rings. The number of halogens is 3. The molecule has 0 saturated carbocycles. The number of piperazine rings is 1. The normalized spacial score (nSPS) is 24.3. The maximum absolute atomic E-state index is 12.4. The van der Waals surface area contributed by atoms with Crippen LogP contribution >= 0.6 is 11.3 Å². The van der Waals surface area contributed by atoms with Crippen molar-refractivity contribution in [3.8, 4) is 0 Å². The lowest BCUT2D eigenvalue weighted by molar-refractivity contribution is -0.159. The third-order valence-corrected chi connectivity index (χ3v) is 5.14. The number of rotatable bonds is 3. The van der Waals surface area contributed by atoms with Gasteiger partial charge >= 0.3 is 6.18 Å². The van der Waals surface area contributed by atoms with Crippen LogP contribution in [0.2, 0.25) is 0 Å². The van der Waals surface area contributed by atoms with Gasteiger partial charge in [-0.2, -0.15) is 13.2 Å². The van der Waals surface area contributed by atoms with E-state index in [1.165, 1.54) is 5.00 Å². The molecule has 0 radical (unpaired) electrons. The summed E-state index contributed by atoms with van der Waals surface area (Å²) >= 11 is 1.68. The molecular formula is C14H18F3N3OS. The number of nitrogens with zero attached hydrogens (tertiary/aromatic N) is 3. The molecule has 0 N–H and O–H groups in total. The first-order chi connectivity index (χ1) is 10.4. The van der Waals surface area contributed by atoms with Crippen LogP contribution in [0.25, 0.3) is 0 Å². The Morgan fingerprint density at radius 3 is 2.50 bits per heavy atom. The fourth-order valence-electron chi connectivity index (χ4n) is 3.14. The predicted octanol–water partition coefficient (Wildman–Crippen LogP) is 2.03. The van der Waals surface area contributed by atoms with Crippen molar-refractivity contribution in [3.63, 3.8) is 0 Å². The Balaban J connectivity index is 1.55. The molecular weight excluding hydrogens is 315 g/mol. The lowest BCUT2D eigenvalue weighted by atomic mass is 10.2. The quantitative estimate of drug-likeness (QED) is 0.847. The smallest absolute Gasteiger partial charge is 0.361 e. The Morgan fingerprint density at radius 1 is 1.18 bits per heavy atom. The van der Waals surface area contributed by atoms with Crippen LogP contribution in [0, 0.1) is 0 Å². The van der Waals surface area contributed by atoms with E-state index in [4.69, 9.17) is 0 Å². The second-order valence-corrected chi connectivity index (χ2v) is 6.58. The topological polar surface area (TPSA) is 26.8 Å². The number of hydrogen-bond acceptors (Lipinski definition) is 4. The van der Waals surface area contributed by atoms with E-state index in [9.17, 15) is 18.0 Å². The Hall–Kier alpha value is -1.28. The molecule has 4 nitrogen and oxygen atoms in total. The molecule has 1 aromatic heterocycles. The van der Waals surface area contributed by atoms with Crippen LogP contribution < -0.4 is 4.90 Å². The van der Waals surface area contributed by atoms with E-state index in [-0.39, 0.29) is 18.5 Å². The molecule has 3 rings (SSSR count). The summed E-state index contributed by atoms with van der Waals surface area (Å²) in [7, 11) is 0. The molecule has 1 amide bonds. The summed E-state index contributed by atoms with van der Waals surface area (Å²) in [6.07, 6.45) is -3.82. The van der Waals surface area contributed by atoms with Crippen LogP contribution in [-0.4, -0.2) is 67.2 Å². The number of carbonyl (C=O) groups excluding carboxylic acids is 1. The standard InChI is InChI=1S/C14H18F3N3OS/c15-14(16,17)10-20-4-3-11(13(20)21)18-5-7-19(8-6-18)12-2-1-9-22-12/h1-2,9,11H,3-8,10H2/t11-/m1/s1. The van der Waals surface area contributed by atoms with Crippen LogP contribution in [0.1, 0.15) is 6.42 Å². The molecule has 0 aliphatic carbocycles. The van der Waals surface area contributed by atoms with Crippen LogP contribution in [0.3, 0.4) is 0 Å². The third-order valence-electron chi connectivity index (χ3n) is 4.21. The van der Waals surface area contributed by atoms with E-state index in [2.05, 4.69) is 11.0 Å². The van der Waals surface area contributed by atoms with Gasteiger partial charge in [-0.1, -0.05) is 0 Å². The van der Waals surface area contributed by atoms with Gasteiger partial charge in [-0.3, -0.25) is 9.69 Å². The van der Waals surface area contributed by atoms with Gasteiger partial charge in [0.15, 0.2) is 0 Å². The summed E-state index contributed by atoms with van der Waals surface area (Å²) in [5.74, 6) is -0.373. The minimum Gasteiger partial charge on any atom is -0.361 e. The zero-order valence-electron chi connectivity index (χ0n) is 12.1. The lowest BCUT2D eigenvalue weighted by Crippen LogP contribution is -2.52. The van der Waals surface area contributed by atoms with Crippen LogP contribution in [0.5, 0.6) is 0 Å². The number of alkyl halides is 3. The molecule has 2 fully saturated rings. The van der Waals surface area contributed by atoms with Gasteiger partial charge in [-0.05, 0) is 23.9 Å². The van der Waals surface area contributed by atoms with Crippen molar-refractivity contribution >= 4 is 22.2 Å². The largest absolute Gasteiger partial charge is 0.406 e. The highest BCUT2D eigenvalue weighted by Crippen LogP contribution is 2.26. The lowest BCUT2D eigenvalue weighted by Gasteiger charge is -2.37. The molecule has 122 valence electrons. The van der Waals surface area contributed by atoms with E-state index in [1.54, 1.807) is 11.3 Å². The molecule has 8 heteroatoms. The Labute approximate surface area is 131 Å². The fraction of sp³-hybridized carbons (Fsp3) is 0.643. The van der Waals surface area contributed by atoms with E-state index in [0.717, 1.165) is 18.0 Å². The van der Waals surface area contributed by atoms with Crippen molar-refractivity contribution in [2.24, 2.45) is 0 Å². The number of hydrogen-bond donors (Lipinski definition) is 0. The maximum Gasteiger partial charge on any atom is 0.406 e. The Bertz CT molecular complexity index is 512. The number of thiophene rings is 1. The highest BCUT2D eigenvalue weighted by molar-refractivity contribution is 7.14. The molecule has 22 heavy (non-hydrogen) atoms. The summed E-state index contributed by atoms with van der Waals surface area (Å²) in [5.41, 5.74) is 0. The summed E-state index contributed by atoms with van der Waals surface area (Å²) in [5, 5.41) is 3.23. The molecule has 1 atom stereocenters. The van der Waals surface area contributed by atoms with Gasteiger partial charge in [-0.15, -0.1) is 11.3 Å². The van der Waals surface area contributed by atoms with Crippen molar-refractivity contribution < 1.29 is 18.0 Å². The van der Waals surface area contributed by atoms with Crippen molar-refractivity contribution in [1.82, 2.24) is 9.80 Å². The predicted molar refractivity (Wildman–Crippen MR) is 79.1 cm³/mol. The average molecular weight is 333 g/mol. The average Bonchev–Trinajstić information content (AvgIpc) is 3.09. The summed E-state index contributed by atoms with van der Waals surface area (Å²) < 4.78 is 37.3. The molecule has 0 bridgehead atoms. The number of carbonyl (C=O) groups is 1. The molecule has 0 aromatic carbocycles.